The minimum absolute atomic E-state index is 0.0595. The maximum Gasteiger partial charge on any atom is 0.237 e. The van der Waals surface area contributed by atoms with Gasteiger partial charge in [0.25, 0.3) is 0 Å². The van der Waals surface area contributed by atoms with Crippen molar-refractivity contribution in [3.8, 4) is 0 Å². The number of hydrogen-bond donors (Lipinski definition) is 2. The minimum atomic E-state index is -3.18. The third-order valence-electron chi connectivity index (χ3n) is 5.16. The maximum absolute atomic E-state index is 12.3. The van der Waals surface area contributed by atoms with Crippen molar-refractivity contribution in [1.82, 2.24) is 10.6 Å². The van der Waals surface area contributed by atoms with Crippen LogP contribution < -0.4 is 10.6 Å². The second-order valence-corrected chi connectivity index (χ2v) is 9.85. The molecule has 3 atom stereocenters. The molecule has 2 N–H and O–H groups in total. The SMILES string of the molecule is CC(C)(CNC(=O)C1CCC2CCCCC2N1)S(C)(=O)=O. The normalized spacial score (nSPS) is 30.5. The molecule has 0 aromatic heterocycles. The summed E-state index contributed by atoms with van der Waals surface area (Å²) in [7, 11) is -3.18. The lowest BCUT2D eigenvalue weighted by molar-refractivity contribution is -0.124. The Labute approximate surface area is 128 Å². The van der Waals surface area contributed by atoms with Gasteiger partial charge < -0.3 is 10.6 Å². The molecular weight excluding hydrogens is 288 g/mol. The highest BCUT2D eigenvalue weighted by atomic mass is 32.2. The van der Waals surface area contributed by atoms with E-state index in [4.69, 9.17) is 0 Å². The second kappa shape index (κ2) is 6.24. The first-order valence-corrected chi connectivity index (χ1v) is 9.83. The summed E-state index contributed by atoms with van der Waals surface area (Å²) in [6, 6.07) is 0.297. The average molecular weight is 316 g/mol. The zero-order valence-corrected chi connectivity index (χ0v) is 14.1. The van der Waals surface area contributed by atoms with Crippen LogP contribution in [0.3, 0.4) is 0 Å². The molecule has 1 aliphatic heterocycles. The van der Waals surface area contributed by atoms with Crippen LogP contribution in [0.2, 0.25) is 0 Å². The molecule has 0 bridgehead atoms. The van der Waals surface area contributed by atoms with Crippen molar-refractivity contribution in [2.75, 3.05) is 12.8 Å². The van der Waals surface area contributed by atoms with Crippen molar-refractivity contribution in [1.29, 1.82) is 0 Å². The lowest BCUT2D eigenvalue weighted by atomic mass is 9.77. The van der Waals surface area contributed by atoms with E-state index < -0.39 is 14.6 Å². The van der Waals surface area contributed by atoms with E-state index in [1.807, 2.05) is 0 Å². The smallest absolute Gasteiger partial charge is 0.237 e. The molecule has 1 amide bonds. The van der Waals surface area contributed by atoms with Crippen molar-refractivity contribution in [2.24, 2.45) is 5.92 Å². The van der Waals surface area contributed by atoms with Crippen LogP contribution in [0.5, 0.6) is 0 Å². The van der Waals surface area contributed by atoms with E-state index in [1.165, 1.54) is 25.5 Å². The van der Waals surface area contributed by atoms with Crippen LogP contribution in [0, 0.1) is 5.92 Å². The van der Waals surface area contributed by atoms with E-state index in [0.717, 1.165) is 25.2 Å². The van der Waals surface area contributed by atoms with Crippen molar-refractivity contribution < 1.29 is 13.2 Å². The molecule has 1 heterocycles. The van der Waals surface area contributed by atoms with Crippen molar-refractivity contribution in [3.05, 3.63) is 0 Å². The van der Waals surface area contributed by atoms with Gasteiger partial charge in [0.2, 0.25) is 5.91 Å². The summed E-state index contributed by atoms with van der Waals surface area (Å²) in [6.07, 6.45) is 8.14. The molecule has 6 heteroatoms. The van der Waals surface area contributed by atoms with Gasteiger partial charge in [-0.2, -0.15) is 0 Å². The zero-order chi connectivity index (χ0) is 15.7. The molecule has 0 spiro atoms. The van der Waals surface area contributed by atoms with Crippen molar-refractivity contribution in [3.63, 3.8) is 0 Å². The first kappa shape index (κ1) is 16.7. The summed E-state index contributed by atoms with van der Waals surface area (Å²) >= 11 is 0. The number of carbonyl (C=O) groups is 1. The third-order valence-corrected chi connectivity index (χ3v) is 7.31. The summed E-state index contributed by atoms with van der Waals surface area (Å²) in [4.78, 5) is 12.3. The Morgan fingerprint density at radius 3 is 2.52 bits per heavy atom. The number of nitrogens with one attached hydrogen (secondary N) is 2. The Morgan fingerprint density at radius 1 is 1.19 bits per heavy atom. The molecule has 1 saturated carbocycles. The van der Waals surface area contributed by atoms with Crippen LogP contribution in [0.1, 0.15) is 52.4 Å². The topological polar surface area (TPSA) is 75.3 Å². The van der Waals surface area contributed by atoms with Gasteiger partial charge in [-0.15, -0.1) is 0 Å². The second-order valence-electron chi connectivity index (χ2n) is 7.20. The third kappa shape index (κ3) is 3.97. The highest BCUT2D eigenvalue weighted by Gasteiger charge is 2.36. The Kier molecular flexibility index (Phi) is 4.98. The van der Waals surface area contributed by atoms with Crippen LogP contribution in [-0.2, 0) is 14.6 Å². The lowest BCUT2D eigenvalue weighted by Gasteiger charge is -2.40. The van der Waals surface area contributed by atoms with Crippen molar-refractivity contribution in [2.45, 2.75) is 69.2 Å². The number of sulfone groups is 1. The molecule has 122 valence electrons. The van der Waals surface area contributed by atoms with Gasteiger partial charge in [-0.3, -0.25) is 4.79 Å². The van der Waals surface area contributed by atoms with E-state index in [-0.39, 0.29) is 18.5 Å². The Balaban J connectivity index is 1.87. The van der Waals surface area contributed by atoms with Gasteiger partial charge in [0.15, 0.2) is 9.84 Å². The number of hydrogen-bond acceptors (Lipinski definition) is 4. The number of rotatable bonds is 4. The Morgan fingerprint density at radius 2 is 1.86 bits per heavy atom. The van der Waals surface area contributed by atoms with Crippen LogP contribution in [-0.4, -0.2) is 44.0 Å². The van der Waals surface area contributed by atoms with Gasteiger partial charge in [-0.25, -0.2) is 8.42 Å². The standard InChI is InChI=1S/C15H28N2O3S/c1-15(2,21(3,19)20)10-16-14(18)13-9-8-11-6-4-5-7-12(11)17-13/h11-13,17H,4-10H2,1-3H3,(H,16,18). The maximum atomic E-state index is 12.3. The molecule has 3 unspecified atom stereocenters. The quantitative estimate of drug-likeness (QED) is 0.818. The van der Waals surface area contributed by atoms with E-state index in [9.17, 15) is 13.2 Å². The molecule has 2 fully saturated rings. The first-order valence-electron chi connectivity index (χ1n) is 7.94. The fourth-order valence-electron chi connectivity index (χ4n) is 3.26. The van der Waals surface area contributed by atoms with Gasteiger partial charge in [0.05, 0.1) is 10.8 Å². The minimum Gasteiger partial charge on any atom is -0.353 e. The summed E-state index contributed by atoms with van der Waals surface area (Å²) in [5.41, 5.74) is 0. The first-order chi connectivity index (χ1) is 9.71. The largest absolute Gasteiger partial charge is 0.353 e. The van der Waals surface area contributed by atoms with Gasteiger partial charge in [-0.1, -0.05) is 12.8 Å². The van der Waals surface area contributed by atoms with E-state index >= 15 is 0 Å². The molecule has 2 rings (SSSR count). The lowest BCUT2D eigenvalue weighted by Crippen LogP contribution is -2.56. The number of carbonyl (C=O) groups excluding carboxylic acids is 1. The van der Waals surface area contributed by atoms with Crippen LogP contribution in [0.15, 0.2) is 0 Å². The summed E-state index contributed by atoms with van der Waals surface area (Å²) in [6.45, 7) is 3.46. The van der Waals surface area contributed by atoms with Crippen LogP contribution in [0.25, 0.3) is 0 Å². The summed E-state index contributed by atoms with van der Waals surface area (Å²) < 4.78 is 22.4. The van der Waals surface area contributed by atoms with Gasteiger partial charge in [-0.05, 0) is 45.4 Å². The van der Waals surface area contributed by atoms with E-state index in [0.29, 0.717) is 6.04 Å². The molecule has 2 aliphatic rings. The zero-order valence-electron chi connectivity index (χ0n) is 13.3. The number of amides is 1. The van der Waals surface area contributed by atoms with E-state index in [2.05, 4.69) is 10.6 Å². The molecule has 0 aromatic rings. The predicted molar refractivity (Wildman–Crippen MR) is 83.8 cm³/mol. The highest BCUT2D eigenvalue weighted by molar-refractivity contribution is 7.92. The van der Waals surface area contributed by atoms with Gasteiger partial charge >= 0.3 is 0 Å². The average Bonchev–Trinajstić information content (AvgIpc) is 2.43. The van der Waals surface area contributed by atoms with Crippen LogP contribution >= 0.6 is 0 Å². The predicted octanol–water partition coefficient (Wildman–Crippen LogP) is 1.24. The molecule has 0 aromatic carbocycles. The Bertz CT molecular complexity index is 487. The molecule has 0 radical (unpaired) electrons. The van der Waals surface area contributed by atoms with Gasteiger partial charge in [0.1, 0.15) is 0 Å². The number of fused-ring (bicyclic) bond motifs is 1. The molecule has 5 nitrogen and oxygen atoms in total. The summed E-state index contributed by atoms with van der Waals surface area (Å²) in [5.74, 6) is 0.658. The molecular formula is C15H28N2O3S. The highest BCUT2D eigenvalue weighted by Crippen LogP contribution is 2.32. The fraction of sp³-hybridized carbons (Fsp3) is 0.933. The van der Waals surface area contributed by atoms with E-state index in [1.54, 1.807) is 13.8 Å². The molecule has 1 saturated heterocycles. The summed E-state index contributed by atoms with van der Waals surface area (Å²) in [5, 5.41) is 6.28. The van der Waals surface area contributed by atoms with Gasteiger partial charge in [0, 0.05) is 18.8 Å². The molecule has 1 aliphatic carbocycles. The molecule has 21 heavy (non-hydrogen) atoms. The fourth-order valence-corrected chi connectivity index (χ4v) is 3.59. The Hall–Kier alpha value is -0.620. The number of piperidine rings is 1. The van der Waals surface area contributed by atoms with Crippen molar-refractivity contribution >= 4 is 15.7 Å². The van der Waals surface area contributed by atoms with Crippen LogP contribution in [0.4, 0.5) is 0 Å². The monoisotopic (exact) mass is 316 g/mol.